The number of aryl methyl sites for hydroxylation is 1. The largest absolute Gasteiger partial charge is 0.325 e. The molecule has 0 bridgehead atoms. The Morgan fingerprint density at radius 3 is 2.53 bits per heavy atom. The van der Waals surface area contributed by atoms with Gasteiger partial charge in [0.2, 0.25) is 0 Å². The molecule has 2 aromatic rings. The molecule has 0 unspecified atom stereocenters. The van der Waals surface area contributed by atoms with E-state index in [0.29, 0.717) is 6.54 Å². The van der Waals surface area contributed by atoms with Crippen LogP contribution in [0.25, 0.3) is 11.3 Å². The van der Waals surface area contributed by atoms with Gasteiger partial charge in [-0.25, -0.2) is 0 Å². The van der Waals surface area contributed by atoms with Gasteiger partial charge in [-0.3, -0.25) is 4.68 Å². The number of hydrogen-bond donors (Lipinski definition) is 1. The summed E-state index contributed by atoms with van der Waals surface area (Å²) in [7, 11) is 1.90. The zero-order valence-corrected chi connectivity index (χ0v) is 10.0. The van der Waals surface area contributed by atoms with Crippen LogP contribution in [-0.2, 0) is 13.6 Å². The van der Waals surface area contributed by atoms with Gasteiger partial charge < -0.3 is 5.73 Å². The van der Waals surface area contributed by atoms with Crippen molar-refractivity contribution in [3.05, 3.63) is 40.5 Å². The molecule has 78 valence electrons. The van der Waals surface area contributed by atoms with Gasteiger partial charge in [0, 0.05) is 19.2 Å². The second kappa shape index (κ2) is 4.16. The van der Waals surface area contributed by atoms with Crippen molar-refractivity contribution in [2.45, 2.75) is 6.54 Å². The maximum Gasteiger partial charge on any atom is 0.107 e. The van der Waals surface area contributed by atoms with E-state index in [1.807, 2.05) is 42.1 Å². The first-order chi connectivity index (χ1) is 7.24. The second-order valence-corrected chi connectivity index (χ2v) is 4.10. The molecule has 0 aliphatic carbocycles. The van der Waals surface area contributed by atoms with Crippen molar-refractivity contribution >= 4 is 15.9 Å². The van der Waals surface area contributed by atoms with Crippen molar-refractivity contribution in [3.63, 3.8) is 0 Å². The van der Waals surface area contributed by atoms with E-state index >= 15 is 0 Å². The minimum absolute atomic E-state index is 0.483. The van der Waals surface area contributed by atoms with Crippen LogP contribution in [0.5, 0.6) is 0 Å². The molecule has 1 aromatic heterocycles. The van der Waals surface area contributed by atoms with Crippen LogP contribution in [0.3, 0.4) is 0 Å². The minimum atomic E-state index is 0.483. The summed E-state index contributed by atoms with van der Waals surface area (Å²) >= 11 is 3.54. The summed E-state index contributed by atoms with van der Waals surface area (Å²) < 4.78 is 2.80. The highest BCUT2D eigenvalue weighted by atomic mass is 79.9. The third-order valence-corrected chi connectivity index (χ3v) is 3.18. The molecule has 1 heterocycles. The quantitative estimate of drug-likeness (QED) is 0.906. The first kappa shape index (κ1) is 10.4. The molecule has 1 aromatic carbocycles. The lowest BCUT2D eigenvalue weighted by molar-refractivity contribution is 0.713. The Kier molecular flexibility index (Phi) is 2.88. The van der Waals surface area contributed by atoms with E-state index in [1.165, 1.54) is 0 Å². The molecule has 0 amide bonds. The van der Waals surface area contributed by atoms with Crippen LogP contribution in [0.15, 0.2) is 34.8 Å². The standard InChI is InChI=1S/C11H12BrN3/c1-15-9(7-13)10(12)11(14-15)8-5-3-2-4-6-8/h2-6H,7,13H2,1H3. The van der Waals surface area contributed by atoms with Gasteiger partial charge in [0.05, 0.1) is 10.2 Å². The Morgan fingerprint density at radius 1 is 1.33 bits per heavy atom. The van der Waals surface area contributed by atoms with Gasteiger partial charge in [-0.1, -0.05) is 30.3 Å². The van der Waals surface area contributed by atoms with Crippen LogP contribution >= 0.6 is 15.9 Å². The van der Waals surface area contributed by atoms with Crippen molar-refractivity contribution in [2.24, 2.45) is 12.8 Å². The lowest BCUT2D eigenvalue weighted by Crippen LogP contribution is -2.04. The molecule has 0 aliphatic heterocycles. The highest BCUT2D eigenvalue weighted by Gasteiger charge is 2.13. The van der Waals surface area contributed by atoms with E-state index in [9.17, 15) is 0 Å². The maximum absolute atomic E-state index is 5.65. The Morgan fingerprint density at radius 2 is 2.00 bits per heavy atom. The van der Waals surface area contributed by atoms with Crippen molar-refractivity contribution in [2.75, 3.05) is 0 Å². The zero-order chi connectivity index (χ0) is 10.8. The van der Waals surface area contributed by atoms with Crippen LogP contribution in [0.4, 0.5) is 0 Å². The molecule has 2 rings (SSSR count). The summed E-state index contributed by atoms with van der Waals surface area (Å²) in [5, 5.41) is 4.44. The van der Waals surface area contributed by atoms with Gasteiger partial charge in [-0.2, -0.15) is 5.10 Å². The number of halogens is 1. The number of nitrogens with zero attached hydrogens (tertiary/aromatic N) is 2. The molecule has 0 spiro atoms. The highest BCUT2D eigenvalue weighted by Crippen LogP contribution is 2.29. The first-order valence-electron chi connectivity index (χ1n) is 4.71. The first-order valence-corrected chi connectivity index (χ1v) is 5.50. The van der Waals surface area contributed by atoms with E-state index in [-0.39, 0.29) is 0 Å². The monoisotopic (exact) mass is 265 g/mol. The Hall–Kier alpha value is -1.13. The highest BCUT2D eigenvalue weighted by molar-refractivity contribution is 9.10. The molecule has 0 fully saturated rings. The molecule has 0 radical (unpaired) electrons. The number of aromatic nitrogens is 2. The minimum Gasteiger partial charge on any atom is -0.325 e. The fraction of sp³-hybridized carbons (Fsp3) is 0.182. The van der Waals surface area contributed by atoms with E-state index in [1.54, 1.807) is 0 Å². The van der Waals surface area contributed by atoms with Gasteiger partial charge in [0.25, 0.3) is 0 Å². The summed E-state index contributed by atoms with van der Waals surface area (Å²) in [6.07, 6.45) is 0. The van der Waals surface area contributed by atoms with Crippen molar-refractivity contribution < 1.29 is 0 Å². The van der Waals surface area contributed by atoms with Crippen LogP contribution in [0, 0.1) is 0 Å². The van der Waals surface area contributed by atoms with Gasteiger partial charge in [-0.15, -0.1) is 0 Å². The Balaban J connectivity index is 2.55. The summed E-state index contributed by atoms with van der Waals surface area (Å²) in [6.45, 7) is 0.483. The molecule has 15 heavy (non-hydrogen) atoms. The number of rotatable bonds is 2. The Labute approximate surface area is 97.0 Å². The predicted octanol–water partition coefficient (Wildman–Crippen LogP) is 2.31. The smallest absolute Gasteiger partial charge is 0.107 e. The summed E-state index contributed by atoms with van der Waals surface area (Å²) in [5.41, 5.74) is 8.70. The second-order valence-electron chi connectivity index (χ2n) is 3.30. The van der Waals surface area contributed by atoms with E-state index in [2.05, 4.69) is 21.0 Å². The molecular weight excluding hydrogens is 254 g/mol. The third-order valence-electron chi connectivity index (χ3n) is 2.34. The summed E-state index contributed by atoms with van der Waals surface area (Å²) in [5.74, 6) is 0. The number of hydrogen-bond acceptors (Lipinski definition) is 2. The molecule has 0 saturated heterocycles. The summed E-state index contributed by atoms with van der Waals surface area (Å²) in [6, 6.07) is 10.1. The topological polar surface area (TPSA) is 43.8 Å². The van der Waals surface area contributed by atoms with Gasteiger partial charge >= 0.3 is 0 Å². The van der Waals surface area contributed by atoms with Crippen LogP contribution in [0.2, 0.25) is 0 Å². The van der Waals surface area contributed by atoms with E-state index in [4.69, 9.17) is 5.73 Å². The average Bonchev–Trinajstić information content (AvgIpc) is 2.55. The molecule has 4 heteroatoms. The third kappa shape index (κ3) is 1.82. The van der Waals surface area contributed by atoms with E-state index < -0.39 is 0 Å². The van der Waals surface area contributed by atoms with Crippen LogP contribution in [0.1, 0.15) is 5.69 Å². The SMILES string of the molecule is Cn1nc(-c2ccccc2)c(Br)c1CN. The summed E-state index contributed by atoms with van der Waals surface area (Å²) in [4.78, 5) is 0. The van der Waals surface area contributed by atoms with Crippen LogP contribution < -0.4 is 5.73 Å². The van der Waals surface area contributed by atoms with Crippen molar-refractivity contribution in [3.8, 4) is 11.3 Å². The molecule has 0 atom stereocenters. The maximum atomic E-state index is 5.65. The fourth-order valence-electron chi connectivity index (χ4n) is 1.54. The van der Waals surface area contributed by atoms with Gasteiger partial charge in [0.1, 0.15) is 5.69 Å². The van der Waals surface area contributed by atoms with E-state index in [0.717, 1.165) is 21.4 Å². The van der Waals surface area contributed by atoms with Crippen molar-refractivity contribution in [1.82, 2.24) is 9.78 Å². The van der Waals surface area contributed by atoms with Gasteiger partial charge in [0.15, 0.2) is 0 Å². The lowest BCUT2D eigenvalue weighted by Gasteiger charge is -1.96. The van der Waals surface area contributed by atoms with Crippen LogP contribution in [-0.4, -0.2) is 9.78 Å². The molecular formula is C11H12BrN3. The van der Waals surface area contributed by atoms with Crippen molar-refractivity contribution in [1.29, 1.82) is 0 Å². The fourth-order valence-corrected chi connectivity index (χ4v) is 2.26. The normalized spacial score (nSPS) is 10.6. The predicted molar refractivity (Wildman–Crippen MR) is 64.2 cm³/mol. The Bertz CT molecular complexity index is 462. The molecule has 3 nitrogen and oxygen atoms in total. The molecule has 2 N–H and O–H groups in total. The number of nitrogens with two attached hydrogens (primary N) is 1. The number of benzene rings is 1. The molecule has 0 saturated carbocycles. The zero-order valence-electron chi connectivity index (χ0n) is 8.44. The van der Waals surface area contributed by atoms with Gasteiger partial charge in [-0.05, 0) is 15.9 Å². The molecule has 0 aliphatic rings. The average molecular weight is 266 g/mol. The lowest BCUT2D eigenvalue weighted by atomic mass is 10.1.